The molecule has 1 aromatic rings. The van der Waals surface area contributed by atoms with Gasteiger partial charge in [0.2, 0.25) is 0 Å². The Hall–Kier alpha value is -1.29. The van der Waals surface area contributed by atoms with Crippen molar-refractivity contribution in [3.05, 3.63) is 18.3 Å². The summed E-state index contributed by atoms with van der Waals surface area (Å²) in [6.07, 6.45) is 5.57. The molecule has 18 heavy (non-hydrogen) atoms. The molecule has 0 aliphatic carbocycles. The molecule has 100 valence electrons. The Bertz CT molecular complexity index is 383. The van der Waals surface area contributed by atoms with Gasteiger partial charge in [-0.1, -0.05) is 0 Å². The maximum absolute atomic E-state index is 5.44. The zero-order valence-electron chi connectivity index (χ0n) is 11.5. The van der Waals surface area contributed by atoms with Gasteiger partial charge in [0.1, 0.15) is 0 Å². The summed E-state index contributed by atoms with van der Waals surface area (Å²) >= 11 is 0. The minimum atomic E-state index is 0.456. The summed E-state index contributed by atoms with van der Waals surface area (Å²) in [5.74, 6) is 1.85. The SMILES string of the molecule is CNC(C)C1CCCCN1c1ncccc1OC. The first kappa shape index (κ1) is 13.1. The average molecular weight is 249 g/mol. The van der Waals surface area contributed by atoms with Crippen LogP contribution < -0.4 is 15.0 Å². The fourth-order valence-corrected chi connectivity index (χ4v) is 2.69. The fourth-order valence-electron chi connectivity index (χ4n) is 2.69. The molecule has 0 radical (unpaired) electrons. The second-order valence-electron chi connectivity index (χ2n) is 4.86. The number of methoxy groups -OCH3 is 1. The van der Waals surface area contributed by atoms with E-state index in [0.29, 0.717) is 12.1 Å². The third-order valence-electron chi connectivity index (χ3n) is 3.82. The van der Waals surface area contributed by atoms with Gasteiger partial charge in [0, 0.05) is 24.8 Å². The van der Waals surface area contributed by atoms with Crippen molar-refractivity contribution in [1.82, 2.24) is 10.3 Å². The van der Waals surface area contributed by atoms with E-state index in [9.17, 15) is 0 Å². The molecule has 1 N–H and O–H groups in total. The van der Waals surface area contributed by atoms with Crippen molar-refractivity contribution in [3.63, 3.8) is 0 Å². The number of nitrogens with zero attached hydrogens (tertiary/aromatic N) is 2. The highest BCUT2D eigenvalue weighted by Gasteiger charge is 2.29. The smallest absolute Gasteiger partial charge is 0.171 e. The van der Waals surface area contributed by atoms with Crippen LogP contribution in [0.25, 0.3) is 0 Å². The third-order valence-corrected chi connectivity index (χ3v) is 3.82. The number of anilines is 1. The van der Waals surface area contributed by atoms with E-state index in [4.69, 9.17) is 4.74 Å². The van der Waals surface area contributed by atoms with Gasteiger partial charge >= 0.3 is 0 Å². The lowest BCUT2D eigenvalue weighted by atomic mass is 9.96. The Morgan fingerprint density at radius 3 is 3.06 bits per heavy atom. The van der Waals surface area contributed by atoms with Crippen LogP contribution in [0.2, 0.25) is 0 Å². The van der Waals surface area contributed by atoms with Crippen LogP contribution in [-0.2, 0) is 0 Å². The molecule has 2 heterocycles. The number of ether oxygens (including phenoxy) is 1. The molecule has 1 aromatic heterocycles. The summed E-state index contributed by atoms with van der Waals surface area (Å²) in [5.41, 5.74) is 0. The number of aromatic nitrogens is 1. The molecule has 1 aliphatic rings. The number of likely N-dealkylation sites (N-methyl/N-ethyl adjacent to an activating group) is 1. The van der Waals surface area contributed by atoms with Gasteiger partial charge in [-0.15, -0.1) is 0 Å². The molecular weight excluding hydrogens is 226 g/mol. The van der Waals surface area contributed by atoms with E-state index >= 15 is 0 Å². The zero-order valence-corrected chi connectivity index (χ0v) is 11.5. The molecular formula is C14H23N3O. The first-order valence-electron chi connectivity index (χ1n) is 6.71. The Balaban J connectivity index is 2.27. The van der Waals surface area contributed by atoms with Crippen molar-refractivity contribution in [3.8, 4) is 5.75 Å². The summed E-state index contributed by atoms with van der Waals surface area (Å²) in [7, 11) is 3.73. The molecule has 4 nitrogen and oxygen atoms in total. The van der Waals surface area contributed by atoms with E-state index in [1.54, 1.807) is 7.11 Å². The molecule has 2 unspecified atom stereocenters. The molecule has 0 bridgehead atoms. The number of piperidine rings is 1. The van der Waals surface area contributed by atoms with E-state index in [-0.39, 0.29) is 0 Å². The second kappa shape index (κ2) is 6.05. The molecule has 0 amide bonds. The maximum Gasteiger partial charge on any atom is 0.171 e. The van der Waals surface area contributed by atoms with Crippen LogP contribution in [0.5, 0.6) is 5.75 Å². The van der Waals surface area contributed by atoms with Gasteiger partial charge in [0.25, 0.3) is 0 Å². The van der Waals surface area contributed by atoms with Crippen molar-refractivity contribution in [2.45, 2.75) is 38.3 Å². The quantitative estimate of drug-likeness (QED) is 0.886. The van der Waals surface area contributed by atoms with Gasteiger partial charge in [-0.3, -0.25) is 0 Å². The van der Waals surface area contributed by atoms with E-state index in [2.05, 4.69) is 22.1 Å². The number of nitrogens with one attached hydrogen (secondary N) is 1. The number of hydrogen-bond donors (Lipinski definition) is 1. The Morgan fingerprint density at radius 1 is 1.50 bits per heavy atom. The summed E-state index contributed by atoms with van der Waals surface area (Å²) in [6, 6.07) is 4.85. The van der Waals surface area contributed by atoms with Gasteiger partial charge in [-0.25, -0.2) is 4.98 Å². The summed E-state index contributed by atoms with van der Waals surface area (Å²) < 4.78 is 5.44. The first-order valence-corrected chi connectivity index (χ1v) is 6.71. The number of rotatable bonds is 4. The monoisotopic (exact) mass is 249 g/mol. The Labute approximate surface area is 109 Å². The van der Waals surface area contributed by atoms with Crippen LogP contribution in [0.3, 0.4) is 0 Å². The van der Waals surface area contributed by atoms with Crippen molar-refractivity contribution in [2.24, 2.45) is 0 Å². The predicted octanol–water partition coefficient (Wildman–Crippen LogP) is 2.06. The molecule has 1 fully saturated rings. The van der Waals surface area contributed by atoms with E-state index in [1.807, 2.05) is 25.4 Å². The summed E-state index contributed by atoms with van der Waals surface area (Å²) in [5, 5.41) is 3.36. The molecule has 4 heteroatoms. The lowest BCUT2D eigenvalue weighted by Crippen LogP contribution is -2.50. The van der Waals surface area contributed by atoms with Crippen molar-refractivity contribution >= 4 is 5.82 Å². The molecule has 0 saturated carbocycles. The third kappa shape index (κ3) is 2.58. The average Bonchev–Trinajstić information content (AvgIpc) is 2.46. The van der Waals surface area contributed by atoms with Crippen LogP contribution in [0.15, 0.2) is 18.3 Å². The highest BCUT2D eigenvalue weighted by atomic mass is 16.5. The minimum Gasteiger partial charge on any atom is -0.493 e. The van der Waals surface area contributed by atoms with Gasteiger partial charge in [0.05, 0.1) is 7.11 Å². The Morgan fingerprint density at radius 2 is 2.33 bits per heavy atom. The van der Waals surface area contributed by atoms with Crippen LogP contribution in [0.1, 0.15) is 26.2 Å². The number of hydrogen-bond acceptors (Lipinski definition) is 4. The van der Waals surface area contributed by atoms with E-state index < -0.39 is 0 Å². The summed E-state index contributed by atoms with van der Waals surface area (Å²) in [6.45, 7) is 3.29. The lowest BCUT2D eigenvalue weighted by molar-refractivity contribution is 0.368. The van der Waals surface area contributed by atoms with Crippen LogP contribution >= 0.6 is 0 Å². The van der Waals surface area contributed by atoms with Crippen molar-refractivity contribution in [2.75, 3.05) is 25.6 Å². The van der Waals surface area contributed by atoms with Gasteiger partial charge in [0.15, 0.2) is 11.6 Å². The summed E-state index contributed by atoms with van der Waals surface area (Å²) in [4.78, 5) is 6.91. The minimum absolute atomic E-state index is 0.456. The van der Waals surface area contributed by atoms with E-state index in [0.717, 1.165) is 18.1 Å². The molecule has 0 spiro atoms. The maximum atomic E-state index is 5.44. The van der Waals surface area contributed by atoms with Gasteiger partial charge in [-0.05, 0) is 45.4 Å². The molecule has 1 aliphatic heterocycles. The highest BCUT2D eigenvalue weighted by molar-refractivity contribution is 5.53. The molecule has 2 atom stereocenters. The standard InChI is InChI=1S/C14H23N3O/c1-11(15-2)12-7-4-5-10-17(12)14-13(18-3)8-6-9-16-14/h6,8-9,11-12,15H,4-5,7,10H2,1-3H3. The van der Waals surface area contributed by atoms with Crippen molar-refractivity contribution < 1.29 is 4.74 Å². The zero-order chi connectivity index (χ0) is 13.0. The molecule has 1 saturated heterocycles. The fraction of sp³-hybridized carbons (Fsp3) is 0.643. The largest absolute Gasteiger partial charge is 0.493 e. The first-order chi connectivity index (χ1) is 8.77. The lowest BCUT2D eigenvalue weighted by Gasteiger charge is -2.40. The van der Waals surface area contributed by atoms with Gasteiger partial charge in [-0.2, -0.15) is 0 Å². The Kier molecular flexibility index (Phi) is 4.42. The number of pyridine rings is 1. The normalized spacial score (nSPS) is 21.7. The van der Waals surface area contributed by atoms with Crippen LogP contribution in [-0.4, -0.2) is 37.8 Å². The van der Waals surface area contributed by atoms with Crippen LogP contribution in [0.4, 0.5) is 5.82 Å². The van der Waals surface area contributed by atoms with E-state index in [1.165, 1.54) is 19.3 Å². The van der Waals surface area contributed by atoms with Gasteiger partial charge < -0.3 is 15.0 Å². The molecule has 0 aromatic carbocycles. The predicted molar refractivity (Wildman–Crippen MR) is 74.3 cm³/mol. The molecule has 2 rings (SSSR count). The van der Waals surface area contributed by atoms with Crippen molar-refractivity contribution in [1.29, 1.82) is 0 Å². The highest BCUT2D eigenvalue weighted by Crippen LogP contribution is 2.31. The van der Waals surface area contributed by atoms with Crippen LogP contribution in [0, 0.1) is 0 Å². The topological polar surface area (TPSA) is 37.4 Å². The second-order valence-corrected chi connectivity index (χ2v) is 4.86.